The first-order valence-corrected chi connectivity index (χ1v) is 6.11. The van der Waals surface area contributed by atoms with Crippen molar-refractivity contribution in [3.63, 3.8) is 0 Å². The van der Waals surface area contributed by atoms with Gasteiger partial charge in [-0.05, 0) is 6.42 Å². The molecule has 0 aliphatic carbocycles. The first-order chi connectivity index (χ1) is 6.79. The number of hydrogen-bond donors (Lipinski definition) is 1. The third-order valence-electron chi connectivity index (χ3n) is 2.05. The molecule has 0 bridgehead atoms. The van der Waals surface area contributed by atoms with Gasteiger partial charge in [-0.2, -0.15) is 8.42 Å². The molecule has 1 aliphatic heterocycles. The number of nitrogens with zero attached hydrogens (tertiary/aromatic N) is 1. The van der Waals surface area contributed by atoms with Crippen molar-refractivity contribution in [2.45, 2.75) is 18.7 Å². The maximum absolute atomic E-state index is 13.3. The molecule has 15 heavy (non-hydrogen) atoms. The number of alkyl halides is 1. The summed E-state index contributed by atoms with van der Waals surface area (Å²) < 4.78 is 39.3. The van der Waals surface area contributed by atoms with Gasteiger partial charge in [-0.25, -0.2) is 9.18 Å². The average Bonchev–Trinajstić information content (AvgIpc) is 2.05. The molecule has 1 N–H and O–H groups in total. The van der Waals surface area contributed by atoms with Crippen LogP contribution in [0.5, 0.6) is 0 Å². The van der Waals surface area contributed by atoms with E-state index in [0.29, 0.717) is 0 Å². The summed E-state index contributed by atoms with van der Waals surface area (Å²) in [6.45, 7) is -0.272. The standard InChI is InChI=1S/C7H12FNO5S/c1-15(12,13)14-6-2-3-9(7(10)11)4-5(6)8/h5-6H,2-4H2,1H3,(H,10,11). The van der Waals surface area contributed by atoms with Crippen molar-refractivity contribution < 1.29 is 26.9 Å². The van der Waals surface area contributed by atoms with E-state index in [9.17, 15) is 17.6 Å². The highest BCUT2D eigenvalue weighted by molar-refractivity contribution is 7.86. The minimum absolute atomic E-state index is 0.0422. The quantitative estimate of drug-likeness (QED) is 0.691. The van der Waals surface area contributed by atoms with Crippen LogP contribution in [0.15, 0.2) is 0 Å². The van der Waals surface area contributed by atoms with Crippen LogP contribution in [0.25, 0.3) is 0 Å². The number of amides is 1. The summed E-state index contributed by atoms with van der Waals surface area (Å²) in [5.74, 6) is 0. The molecule has 0 spiro atoms. The van der Waals surface area contributed by atoms with Crippen LogP contribution in [-0.2, 0) is 14.3 Å². The van der Waals surface area contributed by atoms with Crippen LogP contribution < -0.4 is 0 Å². The monoisotopic (exact) mass is 241 g/mol. The minimum Gasteiger partial charge on any atom is -0.465 e. The Balaban J connectivity index is 2.57. The fourth-order valence-electron chi connectivity index (χ4n) is 1.39. The van der Waals surface area contributed by atoms with Gasteiger partial charge in [0.1, 0.15) is 12.3 Å². The lowest BCUT2D eigenvalue weighted by atomic mass is 10.1. The molecule has 1 saturated heterocycles. The number of halogens is 1. The second-order valence-corrected chi connectivity index (χ2v) is 4.97. The normalized spacial score (nSPS) is 27.7. The van der Waals surface area contributed by atoms with Gasteiger partial charge in [0.25, 0.3) is 10.1 Å². The predicted octanol–water partition coefficient (Wildman–Crippen LogP) is 0.0530. The number of piperidine rings is 1. The molecule has 1 aliphatic rings. The largest absolute Gasteiger partial charge is 0.465 e. The Bertz CT molecular complexity index is 343. The molecule has 2 atom stereocenters. The van der Waals surface area contributed by atoms with Crippen molar-refractivity contribution in [3.8, 4) is 0 Å². The zero-order chi connectivity index (χ0) is 11.6. The molecule has 0 saturated carbocycles. The number of carbonyl (C=O) groups is 1. The van der Waals surface area contributed by atoms with Gasteiger partial charge in [0, 0.05) is 6.54 Å². The molecule has 8 heteroatoms. The summed E-state index contributed by atoms with van der Waals surface area (Å²) in [7, 11) is -3.70. The smallest absolute Gasteiger partial charge is 0.407 e. The van der Waals surface area contributed by atoms with Crippen LogP contribution in [0, 0.1) is 0 Å². The Hall–Kier alpha value is -0.890. The molecular formula is C7H12FNO5S. The van der Waals surface area contributed by atoms with E-state index in [4.69, 9.17) is 5.11 Å². The molecule has 88 valence electrons. The van der Waals surface area contributed by atoms with Gasteiger partial charge in [-0.3, -0.25) is 4.18 Å². The number of carboxylic acid groups (broad SMARTS) is 1. The molecule has 6 nitrogen and oxygen atoms in total. The Morgan fingerprint density at radius 2 is 2.20 bits per heavy atom. The van der Waals surface area contributed by atoms with Gasteiger partial charge < -0.3 is 10.0 Å². The zero-order valence-corrected chi connectivity index (χ0v) is 8.91. The van der Waals surface area contributed by atoms with E-state index in [0.717, 1.165) is 11.2 Å². The van der Waals surface area contributed by atoms with Gasteiger partial charge >= 0.3 is 6.09 Å². The van der Waals surface area contributed by atoms with Crippen molar-refractivity contribution >= 4 is 16.2 Å². The molecule has 0 aromatic carbocycles. The Morgan fingerprint density at radius 3 is 2.60 bits per heavy atom. The number of likely N-dealkylation sites (tertiary alicyclic amines) is 1. The first kappa shape index (κ1) is 12.2. The fraction of sp³-hybridized carbons (Fsp3) is 0.857. The number of rotatable bonds is 2. The summed E-state index contributed by atoms with van der Waals surface area (Å²) in [5, 5.41) is 8.58. The van der Waals surface area contributed by atoms with Gasteiger partial charge in [-0.15, -0.1) is 0 Å². The molecule has 0 radical (unpaired) electrons. The highest BCUT2D eigenvalue weighted by Gasteiger charge is 2.34. The zero-order valence-electron chi connectivity index (χ0n) is 8.09. The Morgan fingerprint density at radius 1 is 1.60 bits per heavy atom. The van der Waals surface area contributed by atoms with Crippen molar-refractivity contribution in [1.29, 1.82) is 0 Å². The van der Waals surface area contributed by atoms with Gasteiger partial charge in [0.15, 0.2) is 0 Å². The van der Waals surface area contributed by atoms with E-state index in [1.165, 1.54) is 0 Å². The summed E-state index contributed by atoms with van der Waals surface area (Å²) in [4.78, 5) is 11.4. The van der Waals surface area contributed by atoms with Crippen LogP contribution >= 0.6 is 0 Å². The third-order valence-corrected chi connectivity index (χ3v) is 2.65. The molecule has 1 heterocycles. The number of hydrogen-bond acceptors (Lipinski definition) is 4. The topological polar surface area (TPSA) is 83.9 Å². The van der Waals surface area contributed by atoms with Crippen LogP contribution in [0.4, 0.5) is 9.18 Å². The molecule has 1 amide bonds. The van der Waals surface area contributed by atoms with Crippen LogP contribution in [0.3, 0.4) is 0 Å². The molecule has 0 aromatic heterocycles. The molecule has 2 unspecified atom stereocenters. The highest BCUT2D eigenvalue weighted by Crippen LogP contribution is 2.18. The lowest BCUT2D eigenvalue weighted by Gasteiger charge is -2.31. The predicted molar refractivity (Wildman–Crippen MR) is 48.8 cm³/mol. The SMILES string of the molecule is CS(=O)(=O)OC1CCN(C(=O)O)CC1F. The maximum Gasteiger partial charge on any atom is 0.407 e. The average molecular weight is 241 g/mol. The molecule has 0 aromatic rings. The van der Waals surface area contributed by atoms with E-state index >= 15 is 0 Å². The Kier molecular flexibility index (Phi) is 3.50. The maximum atomic E-state index is 13.3. The second kappa shape index (κ2) is 4.31. The van der Waals surface area contributed by atoms with Crippen molar-refractivity contribution in [2.75, 3.05) is 19.3 Å². The van der Waals surface area contributed by atoms with E-state index in [1.807, 2.05) is 0 Å². The Labute approximate surface area is 86.8 Å². The van der Waals surface area contributed by atoms with Crippen LogP contribution in [0.1, 0.15) is 6.42 Å². The fourth-order valence-corrected chi connectivity index (χ4v) is 2.06. The summed E-state index contributed by atoms with van der Waals surface area (Å²) in [6.07, 6.45) is -3.01. The van der Waals surface area contributed by atoms with Gasteiger partial charge in [-0.1, -0.05) is 0 Å². The highest BCUT2D eigenvalue weighted by atomic mass is 32.2. The van der Waals surface area contributed by atoms with Crippen molar-refractivity contribution in [3.05, 3.63) is 0 Å². The van der Waals surface area contributed by atoms with E-state index in [1.54, 1.807) is 0 Å². The minimum atomic E-state index is -3.70. The van der Waals surface area contributed by atoms with Gasteiger partial charge in [0.05, 0.1) is 12.8 Å². The van der Waals surface area contributed by atoms with Crippen molar-refractivity contribution in [2.24, 2.45) is 0 Å². The summed E-state index contributed by atoms with van der Waals surface area (Å²) >= 11 is 0. The van der Waals surface area contributed by atoms with E-state index in [2.05, 4.69) is 4.18 Å². The van der Waals surface area contributed by atoms with Crippen LogP contribution in [-0.4, -0.2) is 56.1 Å². The second-order valence-electron chi connectivity index (χ2n) is 3.37. The lowest BCUT2D eigenvalue weighted by Crippen LogP contribution is -2.48. The van der Waals surface area contributed by atoms with Gasteiger partial charge in [0.2, 0.25) is 0 Å². The van der Waals surface area contributed by atoms with E-state index in [-0.39, 0.29) is 19.5 Å². The first-order valence-electron chi connectivity index (χ1n) is 4.30. The third kappa shape index (κ3) is 3.63. The molecular weight excluding hydrogens is 229 g/mol. The molecule has 1 rings (SSSR count). The van der Waals surface area contributed by atoms with Crippen molar-refractivity contribution in [1.82, 2.24) is 4.90 Å². The summed E-state index contributed by atoms with van der Waals surface area (Å²) in [5.41, 5.74) is 0. The molecule has 1 fully saturated rings. The lowest BCUT2D eigenvalue weighted by molar-refractivity contribution is 0.0289. The van der Waals surface area contributed by atoms with E-state index < -0.39 is 28.5 Å². The van der Waals surface area contributed by atoms with Crippen LogP contribution in [0.2, 0.25) is 0 Å². The summed E-state index contributed by atoms with van der Waals surface area (Å²) in [6, 6.07) is 0.